The molecule has 0 bridgehead atoms. The van der Waals surface area contributed by atoms with E-state index in [9.17, 15) is 13.2 Å². The highest BCUT2D eigenvalue weighted by Gasteiger charge is 2.30. The molecule has 1 aromatic rings. The molecule has 1 fully saturated rings. The predicted molar refractivity (Wildman–Crippen MR) is 96.1 cm³/mol. The second-order valence-electron chi connectivity index (χ2n) is 6.52. The van der Waals surface area contributed by atoms with Crippen molar-refractivity contribution in [2.45, 2.75) is 36.6 Å². The highest BCUT2D eigenvalue weighted by Crippen LogP contribution is 2.26. The van der Waals surface area contributed by atoms with Gasteiger partial charge < -0.3 is 15.5 Å². The summed E-state index contributed by atoms with van der Waals surface area (Å²) in [6, 6.07) is 7.04. The molecular formula is C17H24N4O3S. The maximum absolute atomic E-state index is 12.1. The zero-order chi connectivity index (χ0) is 17.9. The van der Waals surface area contributed by atoms with E-state index in [4.69, 9.17) is 0 Å². The SMILES string of the molecule is CN(CCCC(=O)NC1CCCNC1)C1=NS(=O)(=O)c2ccccc21. The normalized spacial score (nSPS) is 21.3. The van der Waals surface area contributed by atoms with Gasteiger partial charge in [0.2, 0.25) is 5.91 Å². The van der Waals surface area contributed by atoms with Crippen LogP contribution in [0.15, 0.2) is 33.6 Å². The van der Waals surface area contributed by atoms with E-state index in [1.54, 1.807) is 36.2 Å². The molecule has 0 aliphatic carbocycles. The van der Waals surface area contributed by atoms with Crippen LogP contribution in [0.25, 0.3) is 0 Å². The molecule has 0 radical (unpaired) electrons. The lowest BCUT2D eigenvalue weighted by Gasteiger charge is -2.24. The number of hydrogen-bond acceptors (Lipinski definition) is 5. The third-order valence-corrected chi connectivity index (χ3v) is 5.86. The average molecular weight is 364 g/mol. The van der Waals surface area contributed by atoms with E-state index < -0.39 is 10.0 Å². The van der Waals surface area contributed by atoms with E-state index in [0.717, 1.165) is 25.9 Å². The summed E-state index contributed by atoms with van der Waals surface area (Å²) in [7, 11) is -1.80. The Morgan fingerprint density at radius 1 is 1.40 bits per heavy atom. The van der Waals surface area contributed by atoms with Gasteiger partial charge in [0.15, 0.2) is 0 Å². The van der Waals surface area contributed by atoms with Gasteiger partial charge in [-0.2, -0.15) is 8.42 Å². The Bertz CT molecular complexity index is 770. The molecule has 2 N–H and O–H groups in total. The molecule has 2 aliphatic rings. The largest absolute Gasteiger partial charge is 0.358 e. The number of sulfonamides is 1. The van der Waals surface area contributed by atoms with Crippen molar-refractivity contribution in [3.63, 3.8) is 0 Å². The summed E-state index contributed by atoms with van der Waals surface area (Å²) >= 11 is 0. The summed E-state index contributed by atoms with van der Waals surface area (Å²) in [4.78, 5) is 14.1. The fourth-order valence-corrected chi connectivity index (χ4v) is 4.47. The Kier molecular flexibility index (Phi) is 5.39. The number of amides is 1. The molecule has 1 amide bonds. The monoisotopic (exact) mass is 364 g/mol. The van der Waals surface area contributed by atoms with Crippen molar-refractivity contribution in [1.82, 2.24) is 15.5 Å². The van der Waals surface area contributed by atoms with Gasteiger partial charge in [-0.1, -0.05) is 12.1 Å². The number of benzene rings is 1. The lowest BCUT2D eigenvalue weighted by Crippen LogP contribution is -2.45. The number of nitrogens with one attached hydrogen (secondary N) is 2. The number of hydrogen-bond donors (Lipinski definition) is 2. The van der Waals surface area contributed by atoms with Crippen LogP contribution in [0.1, 0.15) is 31.2 Å². The fraction of sp³-hybridized carbons (Fsp3) is 0.529. The molecule has 1 saturated heterocycles. The smallest absolute Gasteiger partial charge is 0.285 e. The van der Waals surface area contributed by atoms with Gasteiger partial charge in [0.05, 0.1) is 0 Å². The van der Waals surface area contributed by atoms with Crippen molar-refractivity contribution in [3.05, 3.63) is 29.8 Å². The Balaban J connectivity index is 1.51. The zero-order valence-corrected chi connectivity index (χ0v) is 15.2. The maximum Gasteiger partial charge on any atom is 0.285 e. The van der Waals surface area contributed by atoms with Gasteiger partial charge in [-0.15, -0.1) is 4.40 Å². The summed E-state index contributed by atoms with van der Waals surface area (Å²) in [5.74, 6) is 0.496. The first kappa shape index (κ1) is 17.9. The molecular weight excluding hydrogens is 340 g/mol. The van der Waals surface area contributed by atoms with Crippen LogP contribution in [0.5, 0.6) is 0 Å². The van der Waals surface area contributed by atoms with Crippen LogP contribution in [0.4, 0.5) is 0 Å². The minimum Gasteiger partial charge on any atom is -0.358 e. The molecule has 0 aromatic heterocycles. The van der Waals surface area contributed by atoms with E-state index in [2.05, 4.69) is 15.0 Å². The van der Waals surface area contributed by atoms with Crippen molar-refractivity contribution in [2.24, 2.45) is 4.40 Å². The van der Waals surface area contributed by atoms with Gasteiger partial charge in [-0.25, -0.2) is 0 Å². The van der Waals surface area contributed by atoms with E-state index in [1.807, 2.05) is 0 Å². The first-order chi connectivity index (χ1) is 12.0. The highest BCUT2D eigenvalue weighted by atomic mass is 32.2. The summed E-state index contributed by atoms with van der Waals surface area (Å²) in [5, 5.41) is 6.32. The van der Waals surface area contributed by atoms with Crippen molar-refractivity contribution in [3.8, 4) is 0 Å². The van der Waals surface area contributed by atoms with Crippen LogP contribution in [-0.4, -0.2) is 57.8 Å². The minimum absolute atomic E-state index is 0.0449. The zero-order valence-electron chi connectivity index (χ0n) is 14.4. The molecule has 7 nitrogen and oxygen atoms in total. The lowest BCUT2D eigenvalue weighted by molar-refractivity contribution is -0.122. The van der Waals surface area contributed by atoms with Gasteiger partial charge in [-0.3, -0.25) is 4.79 Å². The third kappa shape index (κ3) is 4.19. The van der Waals surface area contributed by atoms with Crippen molar-refractivity contribution in [1.29, 1.82) is 0 Å². The third-order valence-electron chi connectivity index (χ3n) is 4.53. The first-order valence-corrected chi connectivity index (χ1v) is 10.1. The molecule has 2 aliphatic heterocycles. The van der Waals surface area contributed by atoms with Crippen molar-refractivity contribution in [2.75, 3.05) is 26.7 Å². The number of carbonyl (C=O) groups excluding carboxylic acids is 1. The van der Waals surface area contributed by atoms with Crippen LogP contribution in [0.3, 0.4) is 0 Å². The molecule has 25 heavy (non-hydrogen) atoms. The summed E-state index contributed by atoms with van der Waals surface area (Å²) in [6.45, 7) is 2.42. The Morgan fingerprint density at radius 3 is 2.96 bits per heavy atom. The molecule has 1 aromatic carbocycles. The Hall–Kier alpha value is -1.93. The van der Waals surface area contributed by atoms with E-state index in [1.165, 1.54) is 0 Å². The van der Waals surface area contributed by atoms with Crippen LogP contribution >= 0.6 is 0 Å². The number of rotatable bonds is 5. The molecule has 0 spiro atoms. The standard InChI is InChI=1S/C17H24N4O3S/c1-21(11-5-9-16(22)19-13-6-4-10-18-12-13)17-14-7-2-3-8-15(14)25(23,24)20-17/h2-3,7-8,13,18H,4-6,9-12H2,1H3,(H,19,22). The number of fused-ring (bicyclic) bond motifs is 1. The predicted octanol–water partition coefficient (Wildman–Crippen LogP) is 0.716. The second kappa shape index (κ2) is 7.53. The van der Waals surface area contributed by atoms with Gasteiger partial charge in [-0.05, 0) is 37.9 Å². The van der Waals surface area contributed by atoms with E-state index in [-0.39, 0.29) is 16.8 Å². The quantitative estimate of drug-likeness (QED) is 0.803. The van der Waals surface area contributed by atoms with Crippen LogP contribution in [0, 0.1) is 0 Å². The molecule has 136 valence electrons. The number of nitrogens with zero attached hydrogens (tertiary/aromatic N) is 2. The molecule has 2 heterocycles. The number of amidine groups is 1. The Labute approximate surface area is 148 Å². The summed E-state index contributed by atoms with van der Waals surface area (Å²) in [5.41, 5.74) is 0.628. The van der Waals surface area contributed by atoms with Crippen LogP contribution in [-0.2, 0) is 14.8 Å². The van der Waals surface area contributed by atoms with Crippen molar-refractivity contribution < 1.29 is 13.2 Å². The number of carbonyl (C=O) groups is 1. The topological polar surface area (TPSA) is 90.9 Å². The highest BCUT2D eigenvalue weighted by molar-refractivity contribution is 7.90. The summed E-state index contributed by atoms with van der Waals surface area (Å²) in [6.07, 6.45) is 3.16. The van der Waals surface area contributed by atoms with E-state index in [0.29, 0.717) is 30.8 Å². The second-order valence-corrected chi connectivity index (χ2v) is 8.09. The van der Waals surface area contributed by atoms with Crippen LogP contribution < -0.4 is 10.6 Å². The van der Waals surface area contributed by atoms with Gasteiger partial charge in [0, 0.05) is 38.2 Å². The maximum atomic E-state index is 12.1. The fourth-order valence-electron chi connectivity index (χ4n) is 3.22. The molecule has 1 unspecified atom stereocenters. The molecule has 1 atom stereocenters. The van der Waals surface area contributed by atoms with Crippen LogP contribution in [0.2, 0.25) is 0 Å². The molecule has 0 saturated carbocycles. The number of piperidine rings is 1. The first-order valence-electron chi connectivity index (χ1n) is 8.63. The lowest BCUT2D eigenvalue weighted by atomic mass is 10.1. The minimum atomic E-state index is -3.60. The molecule has 3 rings (SSSR count). The van der Waals surface area contributed by atoms with Gasteiger partial charge >= 0.3 is 0 Å². The Morgan fingerprint density at radius 2 is 2.20 bits per heavy atom. The van der Waals surface area contributed by atoms with Gasteiger partial charge in [0.1, 0.15) is 10.7 Å². The van der Waals surface area contributed by atoms with Gasteiger partial charge in [0.25, 0.3) is 10.0 Å². The van der Waals surface area contributed by atoms with Crippen molar-refractivity contribution >= 4 is 21.8 Å². The average Bonchev–Trinajstić information content (AvgIpc) is 2.88. The molecule has 8 heteroatoms. The summed E-state index contributed by atoms with van der Waals surface area (Å²) < 4.78 is 28.1. The van der Waals surface area contributed by atoms with E-state index >= 15 is 0 Å².